The minimum absolute atomic E-state index is 0.949. The van der Waals surface area contributed by atoms with E-state index in [1.165, 1.54) is 0 Å². The fraction of sp³-hybridized carbons (Fsp3) is 0.0714. The standard InChI is InChI=1S/C14H10Br2N2/c1-9-13(10-4-2-5-11(15)8-10)17-14-12(16)6-3-7-18(9)14/h2-8H,1H3. The van der Waals surface area contributed by atoms with Crippen LogP contribution in [0, 0.1) is 6.92 Å². The molecular formula is C14H10Br2N2. The molecule has 0 aliphatic rings. The van der Waals surface area contributed by atoms with E-state index in [1.807, 2.05) is 30.5 Å². The lowest BCUT2D eigenvalue weighted by atomic mass is 10.1. The molecule has 2 nitrogen and oxygen atoms in total. The predicted molar refractivity (Wildman–Crippen MR) is 80.8 cm³/mol. The van der Waals surface area contributed by atoms with Crippen LogP contribution in [0.5, 0.6) is 0 Å². The molecule has 0 bridgehead atoms. The summed E-state index contributed by atoms with van der Waals surface area (Å²) in [4.78, 5) is 4.72. The first-order valence-corrected chi connectivity index (χ1v) is 7.14. The number of aromatic nitrogens is 2. The molecule has 0 saturated heterocycles. The largest absolute Gasteiger partial charge is 0.303 e. The van der Waals surface area contributed by atoms with Gasteiger partial charge in [-0.15, -0.1) is 0 Å². The SMILES string of the molecule is Cc1c(-c2cccc(Br)c2)nc2c(Br)cccn12. The summed E-state index contributed by atoms with van der Waals surface area (Å²) in [6.45, 7) is 2.09. The maximum Gasteiger partial charge on any atom is 0.152 e. The highest BCUT2D eigenvalue weighted by atomic mass is 79.9. The second-order valence-electron chi connectivity index (χ2n) is 4.11. The van der Waals surface area contributed by atoms with Gasteiger partial charge in [0.15, 0.2) is 5.65 Å². The summed E-state index contributed by atoms with van der Waals surface area (Å²) in [5.74, 6) is 0. The lowest BCUT2D eigenvalue weighted by Gasteiger charge is -2.00. The molecule has 0 radical (unpaired) electrons. The molecule has 0 fully saturated rings. The molecule has 2 heterocycles. The number of pyridine rings is 1. The Kier molecular flexibility index (Phi) is 2.99. The molecule has 90 valence electrons. The summed E-state index contributed by atoms with van der Waals surface area (Å²) in [5.41, 5.74) is 4.23. The number of imidazole rings is 1. The van der Waals surface area contributed by atoms with Gasteiger partial charge in [-0.05, 0) is 47.1 Å². The van der Waals surface area contributed by atoms with Crippen molar-refractivity contribution in [3.05, 3.63) is 57.2 Å². The van der Waals surface area contributed by atoms with Crippen LogP contribution >= 0.6 is 31.9 Å². The number of aryl methyl sites for hydroxylation is 1. The number of fused-ring (bicyclic) bond motifs is 1. The van der Waals surface area contributed by atoms with E-state index < -0.39 is 0 Å². The molecule has 4 heteroatoms. The summed E-state index contributed by atoms with van der Waals surface area (Å²) < 4.78 is 4.17. The van der Waals surface area contributed by atoms with Crippen LogP contribution < -0.4 is 0 Å². The Balaban J connectivity index is 2.30. The Morgan fingerprint density at radius 3 is 2.67 bits per heavy atom. The number of rotatable bonds is 1. The van der Waals surface area contributed by atoms with E-state index >= 15 is 0 Å². The Morgan fingerprint density at radius 2 is 1.94 bits per heavy atom. The van der Waals surface area contributed by atoms with Crippen molar-refractivity contribution in [1.29, 1.82) is 0 Å². The van der Waals surface area contributed by atoms with Crippen LogP contribution in [-0.4, -0.2) is 9.38 Å². The van der Waals surface area contributed by atoms with Crippen molar-refractivity contribution in [2.45, 2.75) is 6.92 Å². The molecule has 2 aromatic heterocycles. The lowest BCUT2D eigenvalue weighted by molar-refractivity contribution is 1.11. The Labute approximate surface area is 122 Å². The minimum atomic E-state index is 0.949. The van der Waals surface area contributed by atoms with Crippen molar-refractivity contribution in [3.63, 3.8) is 0 Å². The van der Waals surface area contributed by atoms with Crippen LogP contribution in [0.4, 0.5) is 0 Å². The van der Waals surface area contributed by atoms with Gasteiger partial charge in [0.1, 0.15) is 0 Å². The quantitative estimate of drug-likeness (QED) is 0.603. The molecular weight excluding hydrogens is 356 g/mol. The summed E-state index contributed by atoms with van der Waals surface area (Å²) >= 11 is 7.04. The number of hydrogen-bond acceptors (Lipinski definition) is 1. The van der Waals surface area contributed by atoms with Crippen LogP contribution in [0.1, 0.15) is 5.69 Å². The maximum absolute atomic E-state index is 4.72. The van der Waals surface area contributed by atoms with E-state index in [0.29, 0.717) is 0 Å². The highest BCUT2D eigenvalue weighted by Gasteiger charge is 2.11. The molecule has 0 aliphatic heterocycles. The maximum atomic E-state index is 4.72. The molecule has 18 heavy (non-hydrogen) atoms. The molecule has 0 aliphatic carbocycles. The van der Waals surface area contributed by atoms with Crippen molar-refractivity contribution in [2.75, 3.05) is 0 Å². The molecule has 0 amide bonds. The van der Waals surface area contributed by atoms with Gasteiger partial charge in [0, 0.05) is 21.9 Å². The molecule has 0 atom stereocenters. The lowest BCUT2D eigenvalue weighted by Crippen LogP contribution is -1.87. The van der Waals surface area contributed by atoms with Gasteiger partial charge in [-0.25, -0.2) is 4.98 Å². The molecule has 3 rings (SSSR count). The Morgan fingerprint density at radius 1 is 1.11 bits per heavy atom. The third-order valence-electron chi connectivity index (χ3n) is 2.94. The molecule has 0 spiro atoms. The molecule has 0 unspecified atom stereocenters. The van der Waals surface area contributed by atoms with Gasteiger partial charge >= 0.3 is 0 Å². The third-order valence-corrected chi connectivity index (χ3v) is 4.05. The van der Waals surface area contributed by atoms with E-state index in [4.69, 9.17) is 4.98 Å². The first-order valence-electron chi connectivity index (χ1n) is 5.56. The number of nitrogens with zero attached hydrogens (tertiary/aromatic N) is 2. The van der Waals surface area contributed by atoms with Gasteiger partial charge in [-0.1, -0.05) is 28.1 Å². The zero-order valence-corrected chi connectivity index (χ0v) is 12.9. The van der Waals surface area contributed by atoms with Gasteiger partial charge in [-0.3, -0.25) is 0 Å². The predicted octanol–water partition coefficient (Wildman–Crippen LogP) is 4.83. The van der Waals surface area contributed by atoms with Gasteiger partial charge in [0.25, 0.3) is 0 Å². The van der Waals surface area contributed by atoms with Crippen LogP contribution in [-0.2, 0) is 0 Å². The minimum Gasteiger partial charge on any atom is -0.303 e. The van der Waals surface area contributed by atoms with E-state index in [2.05, 4.69) is 55.3 Å². The average Bonchev–Trinajstić information content (AvgIpc) is 2.69. The summed E-state index contributed by atoms with van der Waals surface area (Å²) in [7, 11) is 0. The molecule has 0 saturated carbocycles. The van der Waals surface area contributed by atoms with Gasteiger partial charge in [-0.2, -0.15) is 0 Å². The topological polar surface area (TPSA) is 17.3 Å². The summed E-state index contributed by atoms with van der Waals surface area (Å²) in [5, 5.41) is 0. The van der Waals surface area contributed by atoms with Gasteiger partial charge in [0.05, 0.1) is 10.2 Å². The van der Waals surface area contributed by atoms with Crippen molar-refractivity contribution < 1.29 is 0 Å². The fourth-order valence-electron chi connectivity index (χ4n) is 2.06. The number of hydrogen-bond donors (Lipinski definition) is 0. The first-order chi connectivity index (χ1) is 8.66. The van der Waals surface area contributed by atoms with Crippen molar-refractivity contribution in [2.24, 2.45) is 0 Å². The van der Waals surface area contributed by atoms with Crippen molar-refractivity contribution >= 4 is 37.5 Å². The second-order valence-corrected chi connectivity index (χ2v) is 5.88. The van der Waals surface area contributed by atoms with E-state index in [0.717, 1.165) is 31.5 Å². The highest BCUT2D eigenvalue weighted by Crippen LogP contribution is 2.28. The highest BCUT2D eigenvalue weighted by molar-refractivity contribution is 9.10. The second kappa shape index (κ2) is 4.52. The summed E-state index contributed by atoms with van der Waals surface area (Å²) in [6.07, 6.45) is 2.03. The van der Waals surface area contributed by atoms with Gasteiger partial charge < -0.3 is 4.40 Å². The Hall–Kier alpha value is -1.13. The van der Waals surface area contributed by atoms with E-state index in [9.17, 15) is 0 Å². The van der Waals surface area contributed by atoms with E-state index in [1.54, 1.807) is 0 Å². The zero-order valence-electron chi connectivity index (χ0n) is 9.69. The Bertz CT molecular complexity index is 732. The first kappa shape index (κ1) is 11.9. The summed E-state index contributed by atoms with van der Waals surface area (Å²) in [6, 6.07) is 12.2. The number of halogens is 2. The average molecular weight is 366 g/mol. The van der Waals surface area contributed by atoms with Crippen LogP contribution in [0.2, 0.25) is 0 Å². The van der Waals surface area contributed by atoms with E-state index in [-0.39, 0.29) is 0 Å². The monoisotopic (exact) mass is 364 g/mol. The normalized spacial score (nSPS) is 11.1. The molecule has 3 aromatic rings. The molecule has 1 aromatic carbocycles. The third kappa shape index (κ3) is 1.89. The zero-order chi connectivity index (χ0) is 12.7. The van der Waals surface area contributed by atoms with Gasteiger partial charge in [0.2, 0.25) is 0 Å². The number of benzene rings is 1. The smallest absolute Gasteiger partial charge is 0.152 e. The molecule has 0 N–H and O–H groups in total. The van der Waals surface area contributed by atoms with Crippen LogP contribution in [0.15, 0.2) is 51.5 Å². The van der Waals surface area contributed by atoms with Crippen molar-refractivity contribution in [3.8, 4) is 11.3 Å². The fourth-order valence-corrected chi connectivity index (χ4v) is 2.89. The van der Waals surface area contributed by atoms with Crippen molar-refractivity contribution in [1.82, 2.24) is 9.38 Å². The van der Waals surface area contributed by atoms with Crippen LogP contribution in [0.3, 0.4) is 0 Å². The van der Waals surface area contributed by atoms with Crippen LogP contribution in [0.25, 0.3) is 16.9 Å².